The molecule has 0 amide bonds. The van der Waals surface area contributed by atoms with Crippen LogP contribution in [0.15, 0.2) is 17.1 Å². The molecular formula is C19H29N3O2S. The summed E-state index contributed by atoms with van der Waals surface area (Å²) in [4.78, 5) is 4.34. The molecule has 0 saturated carbocycles. The number of fused-ring (bicyclic) bond motifs is 1. The molecule has 1 aromatic rings. The fraction of sp³-hybridized carbons (Fsp3) is 0.632. The number of benzene rings is 1. The van der Waals surface area contributed by atoms with Gasteiger partial charge in [0.2, 0.25) is 0 Å². The maximum absolute atomic E-state index is 5.90. The van der Waals surface area contributed by atoms with E-state index < -0.39 is 0 Å². The van der Waals surface area contributed by atoms with Crippen LogP contribution in [0.25, 0.3) is 0 Å². The Morgan fingerprint density at radius 3 is 3.00 bits per heavy atom. The number of nitrogens with zero attached hydrogens (tertiary/aromatic N) is 1. The lowest BCUT2D eigenvalue weighted by Crippen LogP contribution is -2.39. The molecule has 2 atom stereocenters. The largest absolute Gasteiger partial charge is 0.494 e. The fourth-order valence-corrected chi connectivity index (χ4v) is 4.53. The van der Waals surface area contributed by atoms with Gasteiger partial charge in [-0.2, -0.15) is 11.8 Å². The maximum atomic E-state index is 5.90. The summed E-state index contributed by atoms with van der Waals surface area (Å²) in [6.45, 7) is 6.41. The number of hydrogen-bond acceptors (Lipinski definition) is 4. The van der Waals surface area contributed by atoms with Crippen molar-refractivity contribution in [1.29, 1.82) is 0 Å². The second kappa shape index (κ2) is 8.70. The zero-order valence-corrected chi connectivity index (χ0v) is 16.2. The number of aliphatic imine (C=N–C) groups is 1. The Bertz CT molecular complexity index is 615. The van der Waals surface area contributed by atoms with Crippen molar-refractivity contribution in [1.82, 2.24) is 10.6 Å². The Hall–Kier alpha value is -1.56. The number of guanidine groups is 1. The molecule has 3 rings (SSSR count). The Labute approximate surface area is 155 Å². The predicted octanol–water partition coefficient (Wildman–Crippen LogP) is 2.97. The average Bonchev–Trinajstić information content (AvgIpc) is 3.23. The van der Waals surface area contributed by atoms with Gasteiger partial charge in [-0.05, 0) is 44.6 Å². The number of ether oxygens (including phenoxy) is 2. The first-order chi connectivity index (χ1) is 12.2. The van der Waals surface area contributed by atoms with E-state index in [1.807, 2.05) is 14.0 Å². The van der Waals surface area contributed by atoms with Gasteiger partial charge in [0.05, 0.1) is 6.61 Å². The summed E-state index contributed by atoms with van der Waals surface area (Å²) in [5.74, 6) is 4.04. The third-order valence-electron chi connectivity index (χ3n) is 4.57. The SMILES string of the molecule is CCOc1cc2c(cc1CNC(=NC)NCC1CCCS1)OC(C)C2. The van der Waals surface area contributed by atoms with Crippen LogP contribution in [0.2, 0.25) is 0 Å². The van der Waals surface area contributed by atoms with Crippen LogP contribution in [0, 0.1) is 0 Å². The van der Waals surface area contributed by atoms with Gasteiger partial charge < -0.3 is 20.1 Å². The Morgan fingerprint density at radius 1 is 1.40 bits per heavy atom. The Morgan fingerprint density at radius 2 is 2.28 bits per heavy atom. The molecule has 0 spiro atoms. The van der Waals surface area contributed by atoms with Crippen molar-refractivity contribution < 1.29 is 9.47 Å². The van der Waals surface area contributed by atoms with Crippen LogP contribution in [0.4, 0.5) is 0 Å². The van der Waals surface area contributed by atoms with Crippen molar-refractivity contribution in [3.8, 4) is 11.5 Å². The van der Waals surface area contributed by atoms with E-state index in [0.717, 1.165) is 36.0 Å². The lowest BCUT2D eigenvalue weighted by atomic mass is 10.1. The molecule has 1 fully saturated rings. The molecule has 1 saturated heterocycles. The summed E-state index contributed by atoms with van der Waals surface area (Å²) >= 11 is 2.05. The molecule has 0 aliphatic carbocycles. The van der Waals surface area contributed by atoms with Gasteiger partial charge in [0.15, 0.2) is 5.96 Å². The van der Waals surface area contributed by atoms with Crippen molar-refractivity contribution in [2.45, 2.75) is 51.0 Å². The standard InChI is InChI=1S/C19H29N3O2S/c1-4-23-17-9-14-8-13(2)24-18(14)10-15(17)11-21-19(20-3)22-12-16-6-5-7-25-16/h9-10,13,16H,4-8,11-12H2,1-3H3,(H2,20,21,22). The van der Waals surface area contributed by atoms with Gasteiger partial charge in [-0.25, -0.2) is 0 Å². The number of hydrogen-bond donors (Lipinski definition) is 2. The smallest absolute Gasteiger partial charge is 0.191 e. The quantitative estimate of drug-likeness (QED) is 0.601. The molecule has 2 aliphatic rings. The van der Waals surface area contributed by atoms with E-state index in [4.69, 9.17) is 9.47 Å². The summed E-state index contributed by atoms with van der Waals surface area (Å²) in [5, 5.41) is 7.54. The second-order valence-corrected chi connectivity index (χ2v) is 7.98. The molecule has 2 N–H and O–H groups in total. The molecule has 6 heteroatoms. The third kappa shape index (κ3) is 4.75. The van der Waals surface area contributed by atoms with E-state index in [1.54, 1.807) is 0 Å². The highest BCUT2D eigenvalue weighted by Gasteiger charge is 2.22. The highest BCUT2D eigenvalue weighted by molar-refractivity contribution is 8.00. The summed E-state index contributed by atoms with van der Waals surface area (Å²) < 4.78 is 11.7. The van der Waals surface area contributed by atoms with E-state index in [2.05, 4.69) is 46.4 Å². The van der Waals surface area contributed by atoms with Crippen molar-refractivity contribution in [2.75, 3.05) is 26.0 Å². The summed E-state index contributed by atoms with van der Waals surface area (Å²) in [7, 11) is 1.81. The molecule has 138 valence electrons. The van der Waals surface area contributed by atoms with Crippen LogP contribution in [-0.2, 0) is 13.0 Å². The highest BCUT2D eigenvalue weighted by atomic mass is 32.2. The van der Waals surface area contributed by atoms with Gasteiger partial charge in [0.25, 0.3) is 0 Å². The predicted molar refractivity (Wildman–Crippen MR) is 105 cm³/mol. The Balaban J connectivity index is 1.61. The summed E-state index contributed by atoms with van der Waals surface area (Å²) in [6.07, 6.45) is 3.81. The van der Waals surface area contributed by atoms with Crippen molar-refractivity contribution >= 4 is 17.7 Å². The second-order valence-electron chi connectivity index (χ2n) is 6.57. The van der Waals surface area contributed by atoms with Crippen LogP contribution >= 0.6 is 11.8 Å². The van der Waals surface area contributed by atoms with Gasteiger partial charge in [-0.15, -0.1) is 0 Å². The monoisotopic (exact) mass is 363 g/mol. The minimum atomic E-state index is 0.242. The molecule has 0 radical (unpaired) electrons. The Kier molecular flexibility index (Phi) is 6.34. The summed E-state index contributed by atoms with van der Waals surface area (Å²) in [6, 6.07) is 4.24. The highest BCUT2D eigenvalue weighted by Crippen LogP contribution is 2.35. The minimum absolute atomic E-state index is 0.242. The van der Waals surface area contributed by atoms with E-state index in [-0.39, 0.29) is 6.10 Å². The first-order valence-corrected chi connectivity index (χ1v) is 10.3. The van der Waals surface area contributed by atoms with E-state index in [0.29, 0.717) is 18.4 Å². The maximum Gasteiger partial charge on any atom is 0.191 e. The lowest BCUT2D eigenvalue weighted by molar-refractivity contribution is 0.254. The van der Waals surface area contributed by atoms with Gasteiger partial charge in [0, 0.05) is 42.9 Å². The van der Waals surface area contributed by atoms with E-state index in [1.165, 1.54) is 24.2 Å². The number of nitrogens with one attached hydrogen (secondary N) is 2. The van der Waals surface area contributed by atoms with Crippen LogP contribution < -0.4 is 20.1 Å². The number of thioether (sulfide) groups is 1. The van der Waals surface area contributed by atoms with Crippen molar-refractivity contribution in [2.24, 2.45) is 4.99 Å². The van der Waals surface area contributed by atoms with Crippen LogP contribution in [0.5, 0.6) is 11.5 Å². The van der Waals surface area contributed by atoms with Gasteiger partial charge in [0.1, 0.15) is 17.6 Å². The lowest BCUT2D eigenvalue weighted by Gasteiger charge is -2.17. The molecule has 2 heterocycles. The molecule has 2 aliphatic heterocycles. The van der Waals surface area contributed by atoms with E-state index in [9.17, 15) is 0 Å². The average molecular weight is 364 g/mol. The van der Waals surface area contributed by atoms with E-state index >= 15 is 0 Å². The molecule has 5 nitrogen and oxygen atoms in total. The first kappa shape index (κ1) is 18.2. The normalized spacial score (nSPS) is 22.4. The molecule has 1 aromatic carbocycles. The van der Waals surface area contributed by atoms with Crippen LogP contribution in [0.3, 0.4) is 0 Å². The molecule has 2 unspecified atom stereocenters. The zero-order chi connectivity index (χ0) is 17.6. The summed E-state index contributed by atoms with van der Waals surface area (Å²) in [5.41, 5.74) is 2.34. The zero-order valence-electron chi connectivity index (χ0n) is 15.4. The third-order valence-corrected chi connectivity index (χ3v) is 5.97. The molecule has 25 heavy (non-hydrogen) atoms. The van der Waals surface area contributed by atoms with Gasteiger partial charge in [-0.1, -0.05) is 0 Å². The van der Waals surface area contributed by atoms with Crippen LogP contribution in [0.1, 0.15) is 37.8 Å². The molecule has 0 bridgehead atoms. The van der Waals surface area contributed by atoms with Crippen LogP contribution in [-0.4, -0.2) is 43.3 Å². The minimum Gasteiger partial charge on any atom is -0.494 e. The number of rotatable bonds is 6. The van der Waals surface area contributed by atoms with Gasteiger partial charge in [-0.3, -0.25) is 4.99 Å². The van der Waals surface area contributed by atoms with Crippen molar-refractivity contribution in [3.63, 3.8) is 0 Å². The molecular weight excluding hydrogens is 334 g/mol. The topological polar surface area (TPSA) is 54.9 Å². The first-order valence-electron chi connectivity index (χ1n) is 9.21. The molecule has 0 aromatic heterocycles. The fourth-order valence-electron chi connectivity index (χ4n) is 3.32. The van der Waals surface area contributed by atoms with Crippen molar-refractivity contribution in [3.05, 3.63) is 23.3 Å². The van der Waals surface area contributed by atoms with Gasteiger partial charge >= 0.3 is 0 Å².